The molecule has 2 atom stereocenters. The van der Waals surface area contributed by atoms with Crippen LogP contribution in [-0.2, 0) is 20.9 Å². The fourth-order valence-corrected chi connectivity index (χ4v) is 2.73. The number of esters is 1. The second kappa shape index (κ2) is 10.1. The number of benzene rings is 2. The molecule has 0 heterocycles. The van der Waals surface area contributed by atoms with Crippen LogP contribution >= 0.6 is 11.6 Å². The number of amides is 1. The van der Waals surface area contributed by atoms with Gasteiger partial charge in [0.25, 0.3) is 0 Å². The highest BCUT2D eigenvalue weighted by Crippen LogP contribution is 2.23. The van der Waals surface area contributed by atoms with Gasteiger partial charge in [-0.2, -0.15) is 0 Å². The Morgan fingerprint density at radius 2 is 1.70 bits per heavy atom. The Bertz CT molecular complexity index is 881. The number of nitrogens with zero attached hydrogens (tertiary/aromatic N) is 1. The van der Waals surface area contributed by atoms with E-state index in [1.165, 1.54) is 24.3 Å². The van der Waals surface area contributed by atoms with Gasteiger partial charge in [0.05, 0.1) is 0 Å². The first-order chi connectivity index (χ1) is 14.1. The zero-order chi connectivity index (χ0) is 22.3. The van der Waals surface area contributed by atoms with Crippen molar-refractivity contribution in [3.8, 4) is 0 Å². The first-order valence-electron chi connectivity index (χ1n) is 9.16. The number of hydrogen-bond acceptors (Lipinski definition) is 6. The predicted octanol–water partition coefficient (Wildman–Crippen LogP) is 4.29. The van der Waals surface area contributed by atoms with Crippen molar-refractivity contribution in [3.63, 3.8) is 0 Å². The highest BCUT2D eigenvalue weighted by Gasteiger charge is 2.43. The lowest BCUT2D eigenvalue weighted by molar-refractivity contribution is -0.515. The number of hydrogen-bond donors (Lipinski definition) is 1. The van der Waals surface area contributed by atoms with Crippen LogP contribution < -0.4 is 5.32 Å². The van der Waals surface area contributed by atoms with E-state index in [9.17, 15) is 19.7 Å². The Morgan fingerprint density at radius 1 is 1.10 bits per heavy atom. The van der Waals surface area contributed by atoms with Gasteiger partial charge in [0, 0.05) is 9.95 Å². The van der Waals surface area contributed by atoms with E-state index >= 15 is 0 Å². The molecule has 30 heavy (non-hydrogen) atoms. The van der Waals surface area contributed by atoms with E-state index in [1.807, 2.05) is 0 Å². The monoisotopic (exact) mass is 434 g/mol. The third-order valence-electron chi connectivity index (χ3n) is 3.91. The van der Waals surface area contributed by atoms with Gasteiger partial charge in [-0.05, 0) is 44.0 Å². The Hall–Kier alpha value is -3.13. The molecule has 8 nitrogen and oxygen atoms in total. The summed E-state index contributed by atoms with van der Waals surface area (Å²) in [4.78, 5) is 35.9. The van der Waals surface area contributed by atoms with Crippen molar-refractivity contribution in [2.75, 3.05) is 0 Å². The van der Waals surface area contributed by atoms with Crippen LogP contribution in [-0.4, -0.2) is 28.6 Å². The first kappa shape index (κ1) is 23.2. The highest BCUT2D eigenvalue weighted by molar-refractivity contribution is 6.30. The first-order valence-corrected chi connectivity index (χ1v) is 9.53. The number of nitro groups is 1. The fourth-order valence-electron chi connectivity index (χ4n) is 2.61. The number of nitrogens with one attached hydrogen (secondary N) is 1. The molecule has 2 aromatic rings. The van der Waals surface area contributed by atoms with Crippen LogP contribution in [0.25, 0.3) is 0 Å². The van der Waals surface area contributed by atoms with E-state index in [-0.39, 0.29) is 6.61 Å². The molecular weight excluding hydrogens is 412 g/mol. The molecule has 0 fully saturated rings. The van der Waals surface area contributed by atoms with Crippen LogP contribution in [0.2, 0.25) is 5.02 Å². The summed E-state index contributed by atoms with van der Waals surface area (Å²) in [5.41, 5.74) is 0.159. The third-order valence-corrected chi connectivity index (χ3v) is 4.16. The summed E-state index contributed by atoms with van der Waals surface area (Å²) < 4.78 is 10.4. The standard InChI is InChI=1S/C21H23ClN2O6/c1-21(2,3)30-20(26)23-17(15-9-11-16(22)12-10-15)18(24(27)28)19(25)29-13-14-7-5-4-6-8-14/h4-12,17-18H,13H2,1-3H3,(H,23,26)/t17-,18?/m1/s1. The van der Waals surface area contributed by atoms with Gasteiger partial charge in [0.1, 0.15) is 18.2 Å². The molecule has 0 radical (unpaired) electrons. The van der Waals surface area contributed by atoms with Gasteiger partial charge in [-0.25, -0.2) is 9.59 Å². The van der Waals surface area contributed by atoms with Crippen molar-refractivity contribution in [3.05, 3.63) is 80.9 Å². The maximum atomic E-state index is 12.6. The average Bonchev–Trinajstić information content (AvgIpc) is 2.65. The molecule has 0 aliphatic carbocycles. The average molecular weight is 435 g/mol. The Labute approximate surface area is 179 Å². The Balaban J connectivity index is 2.28. The second-order valence-electron chi connectivity index (χ2n) is 7.50. The molecule has 2 aromatic carbocycles. The number of carbonyl (C=O) groups excluding carboxylic acids is 2. The molecule has 1 N–H and O–H groups in total. The molecule has 0 saturated carbocycles. The molecule has 0 aliphatic rings. The lowest BCUT2D eigenvalue weighted by Crippen LogP contribution is -2.46. The zero-order valence-corrected chi connectivity index (χ0v) is 17.6. The number of alkyl carbamates (subject to hydrolysis) is 1. The summed E-state index contributed by atoms with van der Waals surface area (Å²) in [5, 5.41) is 14.6. The molecule has 0 saturated heterocycles. The van der Waals surface area contributed by atoms with E-state index in [4.69, 9.17) is 21.1 Å². The Kier molecular flexibility index (Phi) is 7.77. The van der Waals surface area contributed by atoms with Gasteiger partial charge in [-0.1, -0.05) is 54.1 Å². The number of ether oxygens (including phenoxy) is 2. The molecule has 9 heteroatoms. The molecule has 1 unspecified atom stereocenters. The number of halogens is 1. The largest absolute Gasteiger partial charge is 0.456 e. The lowest BCUT2D eigenvalue weighted by atomic mass is 9.99. The van der Waals surface area contributed by atoms with Gasteiger partial charge in [-0.15, -0.1) is 0 Å². The normalized spacial score (nSPS) is 13.1. The van der Waals surface area contributed by atoms with Gasteiger partial charge in [0.15, 0.2) is 0 Å². The minimum atomic E-state index is -1.89. The second-order valence-corrected chi connectivity index (χ2v) is 7.94. The number of carbonyl (C=O) groups is 2. The summed E-state index contributed by atoms with van der Waals surface area (Å²) in [6, 6.07) is 11.6. The van der Waals surface area contributed by atoms with Crippen LogP contribution in [0.15, 0.2) is 54.6 Å². The maximum Gasteiger partial charge on any atom is 0.408 e. The van der Waals surface area contributed by atoms with Crippen LogP contribution in [0.1, 0.15) is 37.9 Å². The van der Waals surface area contributed by atoms with Crippen LogP contribution in [0.5, 0.6) is 0 Å². The van der Waals surface area contributed by atoms with Crippen molar-refractivity contribution in [2.45, 2.75) is 45.1 Å². The van der Waals surface area contributed by atoms with Crippen LogP contribution in [0, 0.1) is 10.1 Å². The predicted molar refractivity (Wildman–Crippen MR) is 111 cm³/mol. The molecule has 2 rings (SSSR count). The summed E-state index contributed by atoms with van der Waals surface area (Å²) >= 11 is 5.89. The highest BCUT2D eigenvalue weighted by atomic mass is 35.5. The lowest BCUT2D eigenvalue weighted by Gasteiger charge is -2.25. The van der Waals surface area contributed by atoms with E-state index < -0.39 is 34.7 Å². The minimum Gasteiger partial charge on any atom is -0.456 e. The number of rotatable bonds is 7. The molecule has 0 aromatic heterocycles. The molecular formula is C21H23ClN2O6. The van der Waals surface area contributed by atoms with Gasteiger partial charge >= 0.3 is 18.1 Å². The molecule has 0 bridgehead atoms. The van der Waals surface area contributed by atoms with Crippen molar-refractivity contribution < 1.29 is 24.0 Å². The van der Waals surface area contributed by atoms with E-state index in [1.54, 1.807) is 51.1 Å². The SMILES string of the molecule is CC(C)(C)OC(=O)N[C@H](c1ccc(Cl)cc1)C(C(=O)OCc1ccccc1)[N+](=O)[O-]. The third kappa shape index (κ3) is 7.04. The van der Waals surface area contributed by atoms with Crippen molar-refractivity contribution >= 4 is 23.7 Å². The zero-order valence-electron chi connectivity index (χ0n) is 16.8. The summed E-state index contributed by atoms with van der Waals surface area (Å²) in [6.45, 7) is 4.83. The van der Waals surface area contributed by atoms with Crippen molar-refractivity contribution in [2.24, 2.45) is 0 Å². The van der Waals surface area contributed by atoms with E-state index in [2.05, 4.69) is 5.32 Å². The fraction of sp³-hybridized carbons (Fsp3) is 0.333. The molecule has 0 aliphatic heterocycles. The molecule has 160 valence electrons. The quantitative estimate of drug-likeness (QED) is 0.395. The molecule has 1 amide bonds. The van der Waals surface area contributed by atoms with Gasteiger partial charge < -0.3 is 14.8 Å². The van der Waals surface area contributed by atoms with E-state index in [0.717, 1.165) is 0 Å². The van der Waals surface area contributed by atoms with Gasteiger partial charge in [0.2, 0.25) is 0 Å². The maximum absolute atomic E-state index is 12.6. The summed E-state index contributed by atoms with van der Waals surface area (Å²) in [7, 11) is 0. The van der Waals surface area contributed by atoms with Crippen LogP contribution in [0.4, 0.5) is 4.79 Å². The van der Waals surface area contributed by atoms with Crippen molar-refractivity contribution in [1.82, 2.24) is 5.32 Å². The summed E-state index contributed by atoms with van der Waals surface area (Å²) in [5.74, 6) is -1.08. The molecule has 0 spiro atoms. The van der Waals surface area contributed by atoms with Crippen LogP contribution in [0.3, 0.4) is 0 Å². The Morgan fingerprint density at radius 3 is 2.23 bits per heavy atom. The van der Waals surface area contributed by atoms with E-state index in [0.29, 0.717) is 16.1 Å². The topological polar surface area (TPSA) is 108 Å². The minimum absolute atomic E-state index is 0.135. The van der Waals surface area contributed by atoms with Gasteiger partial charge in [-0.3, -0.25) is 10.1 Å². The smallest absolute Gasteiger partial charge is 0.408 e. The summed E-state index contributed by atoms with van der Waals surface area (Å²) in [6.07, 6.45) is -0.898. The van der Waals surface area contributed by atoms with Crippen molar-refractivity contribution in [1.29, 1.82) is 0 Å².